The number of fused-ring (bicyclic) bond motifs is 4. The Kier molecular flexibility index (Phi) is 4.96. The van der Waals surface area contributed by atoms with Crippen LogP contribution in [0.1, 0.15) is 80.1 Å². The fraction of sp³-hybridized carbons (Fsp3) is 0.562. The second-order valence-corrected chi connectivity index (χ2v) is 13.2. The smallest absolute Gasteiger partial charge is 0.127 e. The Morgan fingerprint density at radius 2 is 0.971 bits per heavy atom. The molecule has 0 amide bonds. The number of hydrogen-bond donors (Lipinski definition) is 0. The van der Waals surface area contributed by atoms with Gasteiger partial charge >= 0.3 is 0 Å². The first kappa shape index (κ1) is 23.0. The van der Waals surface area contributed by atoms with Gasteiger partial charge in [0.05, 0.1) is 11.4 Å². The summed E-state index contributed by atoms with van der Waals surface area (Å²) in [5.41, 5.74) is 6.03. The lowest BCUT2D eigenvalue weighted by molar-refractivity contribution is 0.194. The average Bonchev–Trinajstić information content (AvgIpc) is 3.34. The number of aliphatic imine (C=N–C) groups is 2. The molecule has 0 heterocycles. The second kappa shape index (κ2) is 7.54. The summed E-state index contributed by atoms with van der Waals surface area (Å²) in [7, 11) is 0. The molecule has 4 saturated carbocycles. The molecule has 2 aromatic rings. The molecule has 35 heavy (non-hydrogen) atoms. The third-order valence-corrected chi connectivity index (χ3v) is 11.5. The Balaban J connectivity index is 1.14. The molecular weight excluding hydrogens is 428 g/mol. The van der Waals surface area contributed by atoms with Crippen molar-refractivity contribution in [2.75, 3.05) is 0 Å². The highest BCUT2D eigenvalue weighted by Gasteiger charge is 2.60. The largest absolute Gasteiger partial charge is 0.457 e. The van der Waals surface area contributed by atoms with E-state index in [4.69, 9.17) is 14.7 Å². The minimum Gasteiger partial charge on any atom is -0.457 e. The Bertz CT molecular complexity index is 1110. The molecule has 0 saturated heterocycles. The van der Waals surface area contributed by atoms with Crippen molar-refractivity contribution < 1.29 is 4.74 Å². The lowest BCUT2D eigenvalue weighted by Gasteiger charge is -2.34. The lowest BCUT2D eigenvalue weighted by Crippen LogP contribution is -2.32. The van der Waals surface area contributed by atoms with Crippen molar-refractivity contribution in [1.82, 2.24) is 0 Å². The fourth-order valence-corrected chi connectivity index (χ4v) is 7.82. The van der Waals surface area contributed by atoms with Gasteiger partial charge in [-0.3, -0.25) is 9.98 Å². The van der Waals surface area contributed by atoms with Crippen LogP contribution >= 0.6 is 0 Å². The van der Waals surface area contributed by atoms with Gasteiger partial charge in [-0.1, -0.05) is 41.5 Å². The van der Waals surface area contributed by atoms with E-state index in [1.54, 1.807) is 0 Å². The van der Waals surface area contributed by atoms with Gasteiger partial charge < -0.3 is 4.74 Å². The number of nitrogens with zero attached hydrogens (tertiary/aromatic N) is 2. The monoisotopic (exact) mass is 468 g/mol. The van der Waals surface area contributed by atoms with Gasteiger partial charge in [0.2, 0.25) is 0 Å². The first-order valence-electron chi connectivity index (χ1n) is 13.6. The van der Waals surface area contributed by atoms with Crippen LogP contribution in [0.15, 0.2) is 58.5 Å². The summed E-state index contributed by atoms with van der Waals surface area (Å²) >= 11 is 0. The zero-order valence-corrected chi connectivity index (χ0v) is 22.3. The van der Waals surface area contributed by atoms with Crippen LogP contribution in [0.4, 0.5) is 11.4 Å². The van der Waals surface area contributed by atoms with E-state index in [-0.39, 0.29) is 10.8 Å². The predicted octanol–water partition coefficient (Wildman–Crippen LogP) is 9.32. The maximum atomic E-state index is 6.14. The van der Waals surface area contributed by atoms with E-state index in [1.165, 1.54) is 37.1 Å². The maximum Gasteiger partial charge on any atom is 0.127 e. The minimum atomic E-state index is 0.239. The van der Waals surface area contributed by atoms with Gasteiger partial charge in [-0.05, 0) is 110 Å². The molecule has 0 spiro atoms. The highest BCUT2D eigenvalue weighted by Crippen LogP contribution is 2.65. The van der Waals surface area contributed by atoms with Crippen LogP contribution in [0.5, 0.6) is 11.5 Å². The van der Waals surface area contributed by atoms with E-state index in [2.05, 4.69) is 65.8 Å². The summed E-state index contributed by atoms with van der Waals surface area (Å²) < 4.78 is 6.14. The molecule has 0 radical (unpaired) electrons. The predicted molar refractivity (Wildman–Crippen MR) is 146 cm³/mol. The molecule has 4 bridgehead atoms. The lowest BCUT2D eigenvalue weighted by atomic mass is 9.70. The zero-order valence-electron chi connectivity index (χ0n) is 22.3. The van der Waals surface area contributed by atoms with E-state index >= 15 is 0 Å². The number of hydrogen-bond acceptors (Lipinski definition) is 3. The first-order valence-corrected chi connectivity index (χ1v) is 13.6. The van der Waals surface area contributed by atoms with Crippen molar-refractivity contribution in [3.8, 4) is 11.5 Å². The van der Waals surface area contributed by atoms with E-state index in [0.717, 1.165) is 47.6 Å². The highest BCUT2D eigenvalue weighted by molar-refractivity contribution is 5.96. The van der Waals surface area contributed by atoms with Crippen LogP contribution in [0.25, 0.3) is 0 Å². The molecule has 6 rings (SSSR count). The third kappa shape index (κ3) is 3.29. The molecule has 4 aliphatic rings. The van der Waals surface area contributed by atoms with Gasteiger partial charge in [0.25, 0.3) is 0 Å². The molecule has 4 aliphatic carbocycles. The third-order valence-electron chi connectivity index (χ3n) is 11.5. The Morgan fingerprint density at radius 3 is 1.26 bits per heavy atom. The van der Waals surface area contributed by atoms with Crippen molar-refractivity contribution in [2.24, 2.45) is 43.5 Å². The van der Waals surface area contributed by atoms with Crippen molar-refractivity contribution in [1.29, 1.82) is 0 Å². The summed E-state index contributed by atoms with van der Waals surface area (Å²) in [4.78, 5) is 10.2. The number of ether oxygens (including phenoxy) is 1. The first-order chi connectivity index (χ1) is 16.5. The summed E-state index contributed by atoms with van der Waals surface area (Å²) in [6.07, 6.45) is 7.52. The number of rotatable bonds is 4. The van der Waals surface area contributed by atoms with Crippen LogP contribution in [0.2, 0.25) is 0 Å². The number of benzene rings is 2. The van der Waals surface area contributed by atoms with Crippen molar-refractivity contribution in [3.05, 3.63) is 48.5 Å². The van der Waals surface area contributed by atoms with Gasteiger partial charge in [0.15, 0.2) is 0 Å². The average molecular weight is 469 g/mol. The topological polar surface area (TPSA) is 34.0 Å². The molecule has 3 nitrogen and oxygen atoms in total. The van der Waals surface area contributed by atoms with E-state index in [1.807, 2.05) is 24.3 Å². The Morgan fingerprint density at radius 1 is 0.600 bits per heavy atom. The van der Waals surface area contributed by atoms with Gasteiger partial charge in [-0.2, -0.15) is 0 Å². The summed E-state index contributed by atoms with van der Waals surface area (Å²) in [6.45, 7) is 14.6. The van der Waals surface area contributed by atoms with Crippen molar-refractivity contribution >= 4 is 22.8 Å². The minimum absolute atomic E-state index is 0.239. The SMILES string of the molecule is CC1(C)[C@@H]2CC[C@@]1(C)C(=Nc1ccc(Oc3ccc(N=C4C[C@H]5CC[C@]4(C)C5(C)C)cc3)cc1)C2. The molecule has 0 N–H and O–H groups in total. The summed E-state index contributed by atoms with van der Waals surface area (Å²) in [5, 5.41) is 0. The summed E-state index contributed by atoms with van der Waals surface area (Å²) in [6, 6.07) is 16.5. The molecular formula is C32H40N2O. The van der Waals surface area contributed by atoms with Crippen molar-refractivity contribution in [3.63, 3.8) is 0 Å². The van der Waals surface area contributed by atoms with Gasteiger partial charge in [0, 0.05) is 22.3 Å². The van der Waals surface area contributed by atoms with Crippen LogP contribution < -0.4 is 4.74 Å². The van der Waals surface area contributed by atoms with Crippen LogP contribution in [-0.4, -0.2) is 11.4 Å². The maximum absolute atomic E-state index is 6.14. The second-order valence-electron chi connectivity index (χ2n) is 13.2. The fourth-order valence-electron chi connectivity index (χ4n) is 7.82. The van der Waals surface area contributed by atoms with E-state index < -0.39 is 0 Å². The zero-order chi connectivity index (χ0) is 24.6. The van der Waals surface area contributed by atoms with Crippen LogP contribution in [0, 0.1) is 33.5 Å². The van der Waals surface area contributed by atoms with E-state index in [0.29, 0.717) is 10.8 Å². The molecule has 0 aromatic heterocycles. The Labute approximate surface area is 211 Å². The Hall–Kier alpha value is -2.42. The van der Waals surface area contributed by atoms with E-state index in [9.17, 15) is 0 Å². The molecule has 4 fully saturated rings. The normalized spacial score (nSPS) is 36.4. The molecule has 0 unspecified atom stereocenters. The van der Waals surface area contributed by atoms with Crippen molar-refractivity contribution in [2.45, 2.75) is 80.1 Å². The molecule has 0 aliphatic heterocycles. The highest BCUT2D eigenvalue weighted by atomic mass is 16.5. The van der Waals surface area contributed by atoms with Crippen LogP contribution in [-0.2, 0) is 0 Å². The van der Waals surface area contributed by atoms with Crippen LogP contribution in [0.3, 0.4) is 0 Å². The quantitative estimate of drug-likeness (QED) is 0.440. The molecule has 2 aromatic carbocycles. The molecule has 4 atom stereocenters. The van der Waals surface area contributed by atoms with Gasteiger partial charge in [0.1, 0.15) is 11.5 Å². The van der Waals surface area contributed by atoms with Gasteiger partial charge in [-0.25, -0.2) is 0 Å². The standard InChI is InChI=1S/C32H40N2O/c1-29(2)21-15-17-31(29,5)27(19-21)33-23-7-11-25(12-8-23)35-26-13-9-24(10-14-26)34-28-20-22-16-18-32(28,6)30(22,3)4/h7-14,21-22H,15-20H2,1-6H3/t21-,22-,31+,32+/m1/s1. The van der Waals surface area contributed by atoms with Gasteiger partial charge in [-0.15, -0.1) is 0 Å². The molecule has 184 valence electrons. The molecule has 3 heteroatoms. The summed E-state index contributed by atoms with van der Waals surface area (Å²) in [5.74, 6) is 3.24.